The van der Waals surface area contributed by atoms with Crippen LogP contribution in [0.25, 0.3) is 0 Å². The highest BCUT2D eigenvalue weighted by molar-refractivity contribution is 6.31. The van der Waals surface area contributed by atoms with Gasteiger partial charge in [0.05, 0.1) is 10.9 Å². The average molecular weight is 644 g/mol. The molecule has 1 unspecified atom stereocenters. The van der Waals surface area contributed by atoms with Crippen molar-refractivity contribution in [1.82, 2.24) is 20.4 Å². The molecule has 0 radical (unpaired) electrons. The van der Waals surface area contributed by atoms with E-state index in [-0.39, 0.29) is 22.4 Å². The van der Waals surface area contributed by atoms with Crippen molar-refractivity contribution < 1.29 is 14.0 Å². The molecule has 2 aromatic carbocycles. The fourth-order valence-corrected chi connectivity index (χ4v) is 6.84. The average Bonchev–Trinajstić information content (AvgIpc) is 3.14. The van der Waals surface area contributed by atoms with E-state index in [9.17, 15) is 9.59 Å². The largest absolute Gasteiger partial charge is 0.398 e. The molecule has 1 saturated heterocycles. The molecule has 2 aliphatic rings. The highest BCUT2D eigenvalue weighted by Gasteiger charge is 2.56. The number of likely N-dealkylation sites (N-methyl/N-ethyl adjacent to an activating group) is 2. The van der Waals surface area contributed by atoms with Gasteiger partial charge >= 0.3 is 0 Å². The molecule has 1 heterocycles. The first kappa shape index (κ1) is 33.6. The number of hydrogen-bond donors (Lipinski definition) is 4. The number of likely N-dealkylation sites (tertiary alicyclic amines) is 1. The fourth-order valence-electron chi connectivity index (χ4n) is 6.48. The molecule has 236 valence electrons. The molecule has 2 aromatic rings. The number of hydrogen-bond acceptors (Lipinski definition) is 7. The third kappa shape index (κ3) is 6.71. The Morgan fingerprint density at radius 3 is 2.68 bits per heavy atom. The van der Waals surface area contributed by atoms with Crippen molar-refractivity contribution in [3.05, 3.63) is 86.8 Å². The van der Waals surface area contributed by atoms with E-state index >= 15 is 4.39 Å². The minimum atomic E-state index is -1.33. The Kier molecular flexibility index (Phi) is 10.9. The predicted octanol–water partition coefficient (Wildman–Crippen LogP) is 5.12. The molecule has 1 aliphatic heterocycles. The Balaban J connectivity index is 1.76. The minimum absolute atomic E-state index is 0.0430. The Bertz CT molecular complexity index is 1480. The molecule has 0 bridgehead atoms. The second-order valence-electron chi connectivity index (χ2n) is 11.7. The summed E-state index contributed by atoms with van der Waals surface area (Å²) in [4.78, 5) is 30.2. The number of aldehydes is 1. The van der Waals surface area contributed by atoms with Crippen molar-refractivity contribution in [3.8, 4) is 0 Å². The molecule has 4 rings (SSSR count). The molecule has 0 spiro atoms. The molecule has 1 aliphatic carbocycles. The number of nitrogens with two attached hydrogens (primary N) is 1. The predicted molar refractivity (Wildman–Crippen MR) is 176 cm³/mol. The van der Waals surface area contributed by atoms with Gasteiger partial charge in [0.25, 0.3) is 0 Å². The van der Waals surface area contributed by atoms with Crippen LogP contribution in [-0.4, -0.2) is 74.0 Å². The van der Waals surface area contributed by atoms with Gasteiger partial charge in [-0.2, -0.15) is 0 Å². The molecule has 0 saturated carbocycles. The number of nitrogen functional groups attached to an aromatic ring is 1. The molecular formula is C33H41Cl2FN6O2. The Labute approximate surface area is 269 Å². The van der Waals surface area contributed by atoms with Crippen LogP contribution in [0.2, 0.25) is 10.0 Å². The number of allylic oxidation sites excluding steroid dienone is 3. The highest BCUT2D eigenvalue weighted by atomic mass is 35.5. The van der Waals surface area contributed by atoms with Gasteiger partial charge in [-0.1, -0.05) is 60.5 Å². The lowest BCUT2D eigenvalue weighted by atomic mass is 9.73. The van der Waals surface area contributed by atoms with Gasteiger partial charge < -0.3 is 31.5 Å². The second kappa shape index (κ2) is 14.2. The molecule has 0 aromatic heterocycles. The van der Waals surface area contributed by atoms with Crippen LogP contribution in [0.3, 0.4) is 0 Å². The van der Waals surface area contributed by atoms with Gasteiger partial charge in [-0.05, 0) is 64.2 Å². The normalized spacial score (nSPS) is 25.2. The summed E-state index contributed by atoms with van der Waals surface area (Å²) in [6.45, 7) is 5.95. The maximum Gasteiger partial charge on any atom is 0.226 e. The topological polar surface area (TPSA) is 115 Å². The van der Waals surface area contributed by atoms with Gasteiger partial charge in [0.2, 0.25) is 5.91 Å². The lowest BCUT2D eigenvalue weighted by Crippen LogP contribution is -2.47. The molecule has 11 heteroatoms. The number of anilines is 1. The quantitative estimate of drug-likeness (QED) is 0.211. The van der Waals surface area contributed by atoms with Crippen molar-refractivity contribution in [1.29, 1.82) is 5.41 Å². The lowest BCUT2D eigenvalue weighted by molar-refractivity contribution is -0.123. The van der Waals surface area contributed by atoms with Gasteiger partial charge in [0, 0.05) is 64.8 Å². The second-order valence-corrected chi connectivity index (χ2v) is 12.5. The van der Waals surface area contributed by atoms with Crippen LogP contribution in [-0.2, 0) is 15.1 Å². The summed E-state index contributed by atoms with van der Waals surface area (Å²) in [6, 6.07) is 9.34. The van der Waals surface area contributed by atoms with E-state index in [2.05, 4.69) is 10.6 Å². The summed E-state index contributed by atoms with van der Waals surface area (Å²) < 4.78 is 15.8. The van der Waals surface area contributed by atoms with E-state index in [1.165, 1.54) is 6.07 Å². The zero-order chi connectivity index (χ0) is 32.2. The Hall–Kier alpha value is -3.24. The monoisotopic (exact) mass is 642 g/mol. The van der Waals surface area contributed by atoms with Gasteiger partial charge in [-0.25, -0.2) is 4.39 Å². The summed E-state index contributed by atoms with van der Waals surface area (Å²) in [6.07, 6.45) is 5.45. The molecule has 44 heavy (non-hydrogen) atoms. The van der Waals surface area contributed by atoms with Crippen LogP contribution >= 0.6 is 23.2 Å². The van der Waals surface area contributed by atoms with Gasteiger partial charge in [-0.15, -0.1) is 0 Å². The Morgan fingerprint density at radius 2 is 2.02 bits per heavy atom. The Morgan fingerprint density at radius 1 is 1.27 bits per heavy atom. The number of halogens is 3. The van der Waals surface area contributed by atoms with Crippen LogP contribution in [0.5, 0.6) is 0 Å². The number of rotatable bonds is 10. The van der Waals surface area contributed by atoms with Crippen LogP contribution < -0.4 is 16.4 Å². The molecule has 5 N–H and O–H groups in total. The number of amides is 1. The molecule has 8 nitrogen and oxygen atoms in total. The molecule has 1 fully saturated rings. The zero-order valence-corrected chi connectivity index (χ0v) is 27.1. The SMILES string of the molecule is CCN1C[C@@H](N/C(C)=C2/C=CC(C(=O)NCCN(C)C)CCC2=N)[C@H](c2cccc(Cl)c2F)[C@@]1(C=O)c1ccc(Cl)cc1N. The third-order valence-corrected chi connectivity index (χ3v) is 9.19. The standard InChI is InChI=1S/C33H41Cl2FN6O2/c1-5-42-18-29(40-20(2)23-12-9-21(10-14-27(23)37)32(44)39-15-16-41(3)4)30(24-7-6-8-26(35)31(24)36)33(42,19-43)25-13-11-22(34)17-28(25)38/h6-9,11-13,17,19,21,29-30,37,40H,5,10,14-16,18,38H2,1-4H3,(H,39,44)/b23-20-,37-27?/t21?,29-,30+,33-/m1/s1. The summed E-state index contributed by atoms with van der Waals surface area (Å²) in [5.74, 6) is -1.76. The first-order valence-corrected chi connectivity index (χ1v) is 15.6. The number of nitrogens with one attached hydrogen (secondary N) is 3. The van der Waals surface area contributed by atoms with E-state index < -0.39 is 23.3 Å². The van der Waals surface area contributed by atoms with Crippen LogP contribution in [0.15, 0.2) is 59.8 Å². The summed E-state index contributed by atoms with van der Waals surface area (Å²) in [5.41, 5.74) is 8.04. The fraction of sp³-hybridized carbons (Fsp3) is 0.424. The van der Waals surface area contributed by atoms with Gasteiger partial charge in [-0.3, -0.25) is 9.69 Å². The van der Waals surface area contributed by atoms with Crippen LogP contribution in [0.1, 0.15) is 43.7 Å². The van der Waals surface area contributed by atoms with E-state index in [0.717, 1.165) is 12.8 Å². The van der Waals surface area contributed by atoms with E-state index in [0.29, 0.717) is 65.7 Å². The van der Waals surface area contributed by atoms with Crippen molar-refractivity contribution in [2.24, 2.45) is 5.92 Å². The van der Waals surface area contributed by atoms with Crippen LogP contribution in [0.4, 0.5) is 10.1 Å². The number of benzene rings is 2. The van der Waals surface area contributed by atoms with Crippen molar-refractivity contribution >= 4 is 46.8 Å². The van der Waals surface area contributed by atoms with Crippen LogP contribution in [0, 0.1) is 17.1 Å². The smallest absolute Gasteiger partial charge is 0.226 e. The van der Waals surface area contributed by atoms with E-state index in [1.54, 1.807) is 30.3 Å². The lowest BCUT2D eigenvalue weighted by Gasteiger charge is -2.39. The highest BCUT2D eigenvalue weighted by Crippen LogP contribution is 2.51. The number of carbonyl (C=O) groups excluding carboxylic acids is 2. The molecule has 1 amide bonds. The maximum absolute atomic E-state index is 15.8. The van der Waals surface area contributed by atoms with E-state index in [1.807, 2.05) is 49.9 Å². The number of nitrogens with zero attached hydrogens (tertiary/aromatic N) is 2. The zero-order valence-electron chi connectivity index (χ0n) is 25.6. The molecular weight excluding hydrogens is 602 g/mol. The summed E-state index contributed by atoms with van der Waals surface area (Å²) in [7, 11) is 3.90. The minimum Gasteiger partial charge on any atom is -0.398 e. The first-order chi connectivity index (χ1) is 20.9. The summed E-state index contributed by atoms with van der Waals surface area (Å²) >= 11 is 12.5. The summed E-state index contributed by atoms with van der Waals surface area (Å²) in [5, 5.41) is 15.7. The number of carbonyl (C=O) groups is 2. The first-order valence-electron chi connectivity index (χ1n) is 14.8. The molecule has 4 atom stereocenters. The van der Waals surface area contributed by atoms with Crippen molar-refractivity contribution in [2.45, 2.75) is 44.2 Å². The van der Waals surface area contributed by atoms with Crippen molar-refractivity contribution in [2.75, 3.05) is 46.0 Å². The third-order valence-electron chi connectivity index (χ3n) is 8.67. The van der Waals surface area contributed by atoms with Gasteiger partial charge in [0.15, 0.2) is 0 Å². The van der Waals surface area contributed by atoms with Crippen molar-refractivity contribution in [3.63, 3.8) is 0 Å². The van der Waals surface area contributed by atoms with E-state index in [4.69, 9.17) is 34.3 Å². The maximum atomic E-state index is 15.8. The van der Waals surface area contributed by atoms with Gasteiger partial charge in [0.1, 0.15) is 17.6 Å².